The molecule has 0 bridgehead atoms. The molecule has 0 aliphatic heterocycles. The lowest BCUT2D eigenvalue weighted by atomic mass is 10.1. The van der Waals surface area contributed by atoms with Crippen molar-refractivity contribution in [2.24, 2.45) is 0 Å². The van der Waals surface area contributed by atoms with Gasteiger partial charge in [0, 0.05) is 0 Å². The summed E-state index contributed by atoms with van der Waals surface area (Å²) < 4.78 is 36.6. The fraction of sp³-hybridized carbons (Fsp3) is 0.250. The third kappa shape index (κ3) is 3.22. The molecule has 1 aromatic rings. The van der Waals surface area contributed by atoms with Gasteiger partial charge in [0.25, 0.3) is 0 Å². The molecule has 1 rings (SSSR count). The second-order valence-corrected chi connectivity index (χ2v) is 3.61. The van der Waals surface area contributed by atoms with Crippen molar-refractivity contribution in [3.63, 3.8) is 0 Å². The molecule has 0 radical (unpaired) electrons. The number of halogens is 3. The number of hydrogen-bond donors (Lipinski definition) is 1. The zero-order valence-corrected chi connectivity index (χ0v) is 9.02. The van der Waals surface area contributed by atoms with E-state index in [2.05, 4.69) is 0 Å². The standard InChI is InChI=1S/C12H12F3N/c1-8-3-5-10(6-4-8)7-9(2)11(16)12(13,14)15/h3-7,16H,1-2H3/b9-7+,16-11?. The molecule has 86 valence electrons. The lowest BCUT2D eigenvalue weighted by Gasteiger charge is -2.08. The molecule has 16 heavy (non-hydrogen) atoms. The number of nitrogens with one attached hydrogen (secondary N) is 1. The molecule has 1 nitrogen and oxygen atoms in total. The van der Waals surface area contributed by atoms with E-state index in [4.69, 9.17) is 5.41 Å². The molecule has 0 saturated carbocycles. The molecule has 0 aliphatic rings. The van der Waals surface area contributed by atoms with Gasteiger partial charge in [0.05, 0.1) is 0 Å². The van der Waals surface area contributed by atoms with Gasteiger partial charge in [-0.1, -0.05) is 29.8 Å². The first-order chi connectivity index (χ1) is 7.30. The quantitative estimate of drug-likeness (QED) is 0.739. The van der Waals surface area contributed by atoms with Gasteiger partial charge in [-0.15, -0.1) is 0 Å². The predicted molar refractivity (Wildman–Crippen MR) is 58.6 cm³/mol. The Labute approximate surface area is 92.1 Å². The average Bonchev–Trinajstić information content (AvgIpc) is 2.19. The average molecular weight is 227 g/mol. The maximum absolute atomic E-state index is 12.2. The SMILES string of the molecule is C/C(=C\c1ccc(C)cc1)C(=N)C(F)(F)F. The van der Waals surface area contributed by atoms with Gasteiger partial charge < -0.3 is 0 Å². The summed E-state index contributed by atoms with van der Waals surface area (Å²) in [6, 6.07) is 7.08. The minimum atomic E-state index is -4.58. The molecular weight excluding hydrogens is 215 g/mol. The van der Waals surface area contributed by atoms with Gasteiger partial charge in [0.15, 0.2) is 0 Å². The van der Waals surface area contributed by atoms with E-state index in [1.165, 1.54) is 13.0 Å². The largest absolute Gasteiger partial charge is 0.432 e. The third-order valence-corrected chi connectivity index (χ3v) is 2.14. The lowest BCUT2D eigenvalue weighted by molar-refractivity contribution is -0.0589. The van der Waals surface area contributed by atoms with Crippen LogP contribution in [0.15, 0.2) is 29.8 Å². The Morgan fingerprint density at radius 2 is 1.69 bits per heavy atom. The molecule has 0 spiro atoms. The maximum Gasteiger partial charge on any atom is 0.432 e. The Kier molecular flexibility index (Phi) is 3.52. The fourth-order valence-electron chi connectivity index (χ4n) is 1.21. The van der Waals surface area contributed by atoms with Gasteiger partial charge in [-0.3, -0.25) is 5.41 Å². The van der Waals surface area contributed by atoms with Crippen LogP contribution in [-0.4, -0.2) is 11.9 Å². The van der Waals surface area contributed by atoms with Crippen molar-refractivity contribution >= 4 is 11.8 Å². The van der Waals surface area contributed by atoms with Crippen LogP contribution in [0.3, 0.4) is 0 Å². The number of benzene rings is 1. The zero-order chi connectivity index (χ0) is 12.3. The van der Waals surface area contributed by atoms with Crippen LogP contribution in [-0.2, 0) is 0 Å². The molecule has 1 aromatic carbocycles. The zero-order valence-electron chi connectivity index (χ0n) is 9.02. The van der Waals surface area contributed by atoms with Crippen LogP contribution in [0.1, 0.15) is 18.1 Å². The Hall–Kier alpha value is -1.58. The summed E-state index contributed by atoms with van der Waals surface area (Å²) in [5.41, 5.74) is 0.322. The van der Waals surface area contributed by atoms with Crippen LogP contribution in [0.5, 0.6) is 0 Å². The highest BCUT2D eigenvalue weighted by molar-refractivity contribution is 6.04. The summed E-state index contributed by atoms with van der Waals surface area (Å²) in [7, 11) is 0. The van der Waals surface area contributed by atoms with E-state index in [0.717, 1.165) is 5.56 Å². The first-order valence-corrected chi connectivity index (χ1v) is 4.72. The first kappa shape index (κ1) is 12.5. The molecule has 0 fully saturated rings. The lowest BCUT2D eigenvalue weighted by Crippen LogP contribution is -2.22. The molecular formula is C12H12F3N. The van der Waals surface area contributed by atoms with Gasteiger partial charge in [0.2, 0.25) is 0 Å². The third-order valence-electron chi connectivity index (χ3n) is 2.14. The first-order valence-electron chi connectivity index (χ1n) is 4.72. The summed E-state index contributed by atoms with van der Waals surface area (Å²) in [4.78, 5) is 0. The second-order valence-electron chi connectivity index (χ2n) is 3.61. The van der Waals surface area contributed by atoms with Crippen molar-refractivity contribution in [2.75, 3.05) is 0 Å². The van der Waals surface area contributed by atoms with E-state index < -0.39 is 11.9 Å². The Morgan fingerprint density at radius 1 is 1.19 bits per heavy atom. The van der Waals surface area contributed by atoms with E-state index in [9.17, 15) is 13.2 Å². The fourth-order valence-corrected chi connectivity index (χ4v) is 1.21. The van der Waals surface area contributed by atoms with Gasteiger partial charge in [0.1, 0.15) is 5.71 Å². The molecule has 0 atom stereocenters. The normalized spacial score (nSPS) is 12.7. The highest BCUT2D eigenvalue weighted by atomic mass is 19.4. The van der Waals surface area contributed by atoms with E-state index in [-0.39, 0.29) is 5.57 Å². The van der Waals surface area contributed by atoms with Crippen LogP contribution in [0.25, 0.3) is 6.08 Å². The molecule has 4 heteroatoms. The highest BCUT2D eigenvalue weighted by Gasteiger charge is 2.34. The van der Waals surface area contributed by atoms with Gasteiger partial charge in [-0.05, 0) is 31.1 Å². The number of hydrogen-bond acceptors (Lipinski definition) is 1. The van der Waals surface area contributed by atoms with Gasteiger partial charge in [-0.25, -0.2) is 0 Å². The monoisotopic (exact) mass is 227 g/mol. The Morgan fingerprint density at radius 3 is 2.12 bits per heavy atom. The summed E-state index contributed by atoms with van der Waals surface area (Å²) in [5.74, 6) is 0. The topological polar surface area (TPSA) is 23.9 Å². The molecule has 0 heterocycles. The molecule has 0 aromatic heterocycles. The van der Waals surface area contributed by atoms with Crippen molar-refractivity contribution in [2.45, 2.75) is 20.0 Å². The summed E-state index contributed by atoms with van der Waals surface area (Å²) in [6.07, 6.45) is -3.22. The molecule has 1 N–H and O–H groups in total. The van der Waals surface area contributed by atoms with Crippen LogP contribution < -0.4 is 0 Å². The summed E-state index contributed by atoms with van der Waals surface area (Å²) >= 11 is 0. The minimum absolute atomic E-state index is 0.0867. The van der Waals surface area contributed by atoms with Crippen molar-refractivity contribution in [1.29, 1.82) is 5.41 Å². The van der Waals surface area contributed by atoms with Crippen LogP contribution >= 0.6 is 0 Å². The minimum Gasteiger partial charge on any atom is -0.296 e. The molecule has 0 aliphatic carbocycles. The summed E-state index contributed by atoms with van der Waals surface area (Å²) in [6.45, 7) is 3.19. The Balaban J connectivity index is 2.93. The van der Waals surface area contributed by atoms with Crippen LogP contribution in [0, 0.1) is 12.3 Å². The van der Waals surface area contributed by atoms with Crippen LogP contribution in [0.2, 0.25) is 0 Å². The highest BCUT2D eigenvalue weighted by Crippen LogP contribution is 2.22. The predicted octanol–water partition coefficient (Wildman–Crippen LogP) is 3.98. The molecule has 0 saturated heterocycles. The van der Waals surface area contributed by atoms with Crippen molar-refractivity contribution in [1.82, 2.24) is 0 Å². The number of allylic oxidation sites excluding steroid dienone is 1. The summed E-state index contributed by atoms with van der Waals surface area (Å²) in [5, 5.41) is 6.94. The molecule has 0 unspecified atom stereocenters. The number of alkyl halides is 3. The van der Waals surface area contributed by atoms with Crippen molar-refractivity contribution in [3.8, 4) is 0 Å². The second kappa shape index (κ2) is 4.51. The maximum atomic E-state index is 12.2. The van der Waals surface area contributed by atoms with E-state index in [0.29, 0.717) is 5.56 Å². The molecule has 0 amide bonds. The van der Waals surface area contributed by atoms with Gasteiger partial charge in [-0.2, -0.15) is 13.2 Å². The Bertz CT molecular complexity index is 413. The number of rotatable bonds is 2. The van der Waals surface area contributed by atoms with E-state index >= 15 is 0 Å². The smallest absolute Gasteiger partial charge is 0.296 e. The van der Waals surface area contributed by atoms with E-state index in [1.54, 1.807) is 12.1 Å². The van der Waals surface area contributed by atoms with Crippen molar-refractivity contribution < 1.29 is 13.2 Å². The van der Waals surface area contributed by atoms with E-state index in [1.807, 2.05) is 19.1 Å². The van der Waals surface area contributed by atoms with Crippen molar-refractivity contribution in [3.05, 3.63) is 41.0 Å². The number of aryl methyl sites for hydroxylation is 1. The van der Waals surface area contributed by atoms with Crippen LogP contribution in [0.4, 0.5) is 13.2 Å². The van der Waals surface area contributed by atoms with Gasteiger partial charge >= 0.3 is 6.18 Å².